The molecule has 0 bridgehead atoms. The van der Waals surface area contributed by atoms with Gasteiger partial charge >= 0.3 is 0 Å². The highest BCUT2D eigenvalue weighted by Crippen LogP contribution is 2.17. The smallest absolute Gasteiger partial charge is 0.152 e. The number of para-hydroxylation sites is 1. The first kappa shape index (κ1) is 9.59. The third-order valence-electron chi connectivity index (χ3n) is 2.18. The van der Waals surface area contributed by atoms with Crippen LogP contribution in [0, 0.1) is 0 Å². The fraction of sp³-hybridized carbons (Fsp3) is 0.0769. The molecule has 1 aromatic carbocycles. The first-order valence-electron chi connectivity index (χ1n) is 4.80. The van der Waals surface area contributed by atoms with Crippen molar-refractivity contribution in [3.63, 3.8) is 0 Å². The average molecular weight is 197 g/mol. The topological polar surface area (TPSA) is 30.0 Å². The Kier molecular flexibility index (Phi) is 2.59. The van der Waals surface area contributed by atoms with Gasteiger partial charge in [-0.15, -0.1) is 0 Å². The summed E-state index contributed by atoms with van der Waals surface area (Å²) in [5, 5.41) is 1.07. The van der Waals surface area contributed by atoms with Gasteiger partial charge in [0.25, 0.3) is 0 Å². The molecule has 74 valence electrons. The molecule has 1 aromatic heterocycles. The zero-order valence-electron chi connectivity index (χ0n) is 8.47. The van der Waals surface area contributed by atoms with Crippen LogP contribution in [0.4, 0.5) is 0 Å². The number of carbonyl (C=O) groups is 1. The van der Waals surface area contributed by atoms with E-state index in [4.69, 9.17) is 0 Å². The quantitative estimate of drug-likeness (QED) is 0.693. The van der Waals surface area contributed by atoms with Gasteiger partial charge in [-0.05, 0) is 30.7 Å². The van der Waals surface area contributed by atoms with Crippen molar-refractivity contribution in [2.75, 3.05) is 0 Å². The Hall–Kier alpha value is -1.96. The minimum absolute atomic E-state index is 0.0518. The first-order valence-corrected chi connectivity index (χ1v) is 4.80. The molecule has 2 heteroatoms. The first-order chi connectivity index (χ1) is 7.27. The highest BCUT2D eigenvalue weighted by molar-refractivity contribution is 5.95. The molecule has 2 rings (SSSR count). The largest absolute Gasteiger partial charge is 0.295 e. The van der Waals surface area contributed by atoms with Gasteiger partial charge in [0.05, 0.1) is 5.52 Å². The molecule has 15 heavy (non-hydrogen) atoms. The molecule has 0 radical (unpaired) electrons. The highest BCUT2D eigenvalue weighted by atomic mass is 16.1. The molecule has 0 atom stereocenters. The number of aromatic nitrogens is 1. The summed E-state index contributed by atoms with van der Waals surface area (Å²) in [6.07, 6.45) is 5.15. The average Bonchev–Trinajstić information content (AvgIpc) is 2.26. The van der Waals surface area contributed by atoms with Crippen LogP contribution in [0.3, 0.4) is 0 Å². The summed E-state index contributed by atoms with van der Waals surface area (Å²) in [5.41, 5.74) is 1.97. The molecule has 0 saturated carbocycles. The lowest BCUT2D eigenvalue weighted by atomic mass is 10.1. The third-order valence-corrected chi connectivity index (χ3v) is 2.18. The van der Waals surface area contributed by atoms with Crippen LogP contribution in [0.25, 0.3) is 17.0 Å². The monoisotopic (exact) mass is 197 g/mol. The van der Waals surface area contributed by atoms with Gasteiger partial charge in [-0.3, -0.25) is 9.78 Å². The van der Waals surface area contributed by atoms with Crippen molar-refractivity contribution in [2.45, 2.75) is 6.92 Å². The number of hydrogen-bond acceptors (Lipinski definition) is 2. The van der Waals surface area contributed by atoms with Crippen LogP contribution in [0.2, 0.25) is 0 Å². The van der Waals surface area contributed by atoms with E-state index in [0.29, 0.717) is 0 Å². The Morgan fingerprint density at radius 2 is 2.07 bits per heavy atom. The van der Waals surface area contributed by atoms with E-state index < -0.39 is 0 Å². The molecule has 0 aliphatic rings. The summed E-state index contributed by atoms with van der Waals surface area (Å²) in [6, 6.07) is 9.78. The molecule has 0 amide bonds. The zero-order valence-corrected chi connectivity index (χ0v) is 8.47. The van der Waals surface area contributed by atoms with Crippen molar-refractivity contribution >= 4 is 22.8 Å². The van der Waals surface area contributed by atoms with Crippen LogP contribution in [0.15, 0.2) is 42.6 Å². The van der Waals surface area contributed by atoms with Gasteiger partial charge in [0.15, 0.2) is 5.78 Å². The Morgan fingerprint density at radius 1 is 1.27 bits per heavy atom. The van der Waals surface area contributed by atoms with E-state index in [1.54, 1.807) is 19.2 Å². The molecule has 0 N–H and O–H groups in total. The van der Waals surface area contributed by atoms with Crippen LogP contribution in [0.1, 0.15) is 12.5 Å². The Balaban J connectivity index is 2.56. The normalized spacial score (nSPS) is 11.0. The number of allylic oxidation sites excluding steroid dienone is 1. The molecule has 0 aliphatic carbocycles. The Labute approximate surface area is 88.3 Å². The van der Waals surface area contributed by atoms with Gasteiger partial charge in [0.1, 0.15) is 0 Å². The van der Waals surface area contributed by atoms with E-state index in [1.165, 1.54) is 0 Å². The minimum Gasteiger partial charge on any atom is -0.295 e. The van der Waals surface area contributed by atoms with E-state index in [0.717, 1.165) is 16.5 Å². The maximum absolute atomic E-state index is 10.9. The molecule has 0 spiro atoms. The van der Waals surface area contributed by atoms with Gasteiger partial charge < -0.3 is 0 Å². The molecule has 1 heterocycles. The number of ketones is 1. The van der Waals surface area contributed by atoms with Crippen LogP contribution in [-0.2, 0) is 4.79 Å². The minimum atomic E-state index is 0.0518. The highest BCUT2D eigenvalue weighted by Gasteiger charge is 1.97. The molecular formula is C13H11NO. The zero-order chi connectivity index (χ0) is 10.7. The van der Waals surface area contributed by atoms with Gasteiger partial charge in [-0.2, -0.15) is 0 Å². The van der Waals surface area contributed by atoms with Gasteiger partial charge in [0, 0.05) is 11.6 Å². The maximum atomic E-state index is 10.9. The van der Waals surface area contributed by atoms with Crippen molar-refractivity contribution in [1.82, 2.24) is 4.98 Å². The Morgan fingerprint density at radius 3 is 2.87 bits per heavy atom. The van der Waals surface area contributed by atoms with E-state index in [-0.39, 0.29) is 5.78 Å². The maximum Gasteiger partial charge on any atom is 0.152 e. The Bertz CT molecular complexity index is 524. The van der Waals surface area contributed by atoms with Gasteiger partial charge in [-0.1, -0.05) is 24.3 Å². The number of fused-ring (bicyclic) bond motifs is 1. The number of carbonyl (C=O) groups excluding carboxylic acids is 1. The van der Waals surface area contributed by atoms with Crippen LogP contribution in [0.5, 0.6) is 0 Å². The predicted octanol–water partition coefficient (Wildman–Crippen LogP) is 2.84. The van der Waals surface area contributed by atoms with Crippen molar-refractivity contribution in [3.05, 3.63) is 48.2 Å². The molecule has 0 fully saturated rings. The fourth-order valence-corrected chi connectivity index (χ4v) is 1.47. The number of nitrogens with zero attached hydrogens (tertiary/aromatic N) is 1. The number of pyridine rings is 1. The van der Waals surface area contributed by atoms with Crippen LogP contribution in [-0.4, -0.2) is 10.8 Å². The lowest BCUT2D eigenvalue weighted by Gasteiger charge is -1.99. The van der Waals surface area contributed by atoms with Gasteiger partial charge in [0.2, 0.25) is 0 Å². The molecule has 0 unspecified atom stereocenters. The summed E-state index contributed by atoms with van der Waals surface area (Å²) < 4.78 is 0. The second-order valence-corrected chi connectivity index (χ2v) is 3.36. The summed E-state index contributed by atoms with van der Waals surface area (Å²) >= 11 is 0. The predicted molar refractivity (Wildman–Crippen MR) is 61.5 cm³/mol. The van der Waals surface area contributed by atoms with Crippen LogP contribution >= 0.6 is 0 Å². The van der Waals surface area contributed by atoms with Crippen molar-refractivity contribution in [2.24, 2.45) is 0 Å². The third kappa shape index (κ3) is 2.10. The van der Waals surface area contributed by atoms with Crippen molar-refractivity contribution in [3.8, 4) is 0 Å². The van der Waals surface area contributed by atoms with E-state index in [9.17, 15) is 4.79 Å². The van der Waals surface area contributed by atoms with E-state index in [1.807, 2.05) is 36.4 Å². The van der Waals surface area contributed by atoms with Crippen molar-refractivity contribution < 1.29 is 4.79 Å². The summed E-state index contributed by atoms with van der Waals surface area (Å²) in [7, 11) is 0. The summed E-state index contributed by atoms with van der Waals surface area (Å²) in [4.78, 5) is 15.1. The second-order valence-electron chi connectivity index (χ2n) is 3.36. The van der Waals surface area contributed by atoms with E-state index in [2.05, 4.69) is 4.98 Å². The molecule has 2 aromatic rings. The summed E-state index contributed by atoms with van der Waals surface area (Å²) in [5.74, 6) is 0.0518. The van der Waals surface area contributed by atoms with Crippen molar-refractivity contribution in [1.29, 1.82) is 0 Å². The number of hydrogen-bond donors (Lipinski definition) is 0. The molecule has 2 nitrogen and oxygen atoms in total. The number of benzene rings is 1. The SMILES string of the molecule is CC(=O)C=Cc1ccnc2ccccc12. The van der Waals surface area contributed by atoms with Gasteiger partial charge in [-0.25, -0.2) is 0 Å². The van der Waals surface area contributed by atoms with E-state index >= 15 is 0 Å². The fourth-order valence-electron chi connectivity index (χ4n) is 1.47. The summed E-state index contributed by atoms with van der Waals surface area (Å²) in [6.45, 7) is 1.54. The second kappa shape index (κ2) is 4.05. The lowest BCUT2D eigenvalue weighted by molar-refractivity contribution is -0.112. The van der Waals surface area contributed by atoms with Crippen LogP contribution < -0.4 is 0 Å². The lowest BCUT2D eigenvalue weighted by Crippen LogP contribution is -1.84. The molecule has 0 saturated heterocycles. The standard InChI is InChI=1S/C13H11NO/c1-10(15)6-7-11-8-9-14-13-5-3-2-4-12(11)13/h2-9H,1H3. The number of rotatable bonds is 2. The molecular weight excluding hydrogens is 186 g/mol. The molecule has 0 aliphatic heterocycles.